The Morgan fingerprint density at radius 2 is 2.23 bits per heavy atom. The molecule has 76 valence electrons. The predicted octanol–water partition coefficient (Wildman–Crippen LogP) is 1.38. The molecular formula is C10H19NOS. The Hall–Kier alpha value is 0.270. The van der Waals surface area contributed by atoms with Crippen LogP contribution in [0.1, 0.15) is 32.6 Å². The van der Waals surface area contributed by atoms with Crippen molar-refractivity contribution in [2.24, 2.45) is 0 Å². The number of nitrogens with one attached hydrogen (secondary N) is 1. The highest BCUT2D eigenvalue weighted by molar-refractivity contribution is 8.00. The van der Waals surface area contributed by atoms with Crippen LogP contribution in [0.5, 0.6) is 0 Å². The molecule has 0 aromatic rings. The van der Waals surface area contributed by atoms with Crippen LogP contribution in [0.4, 0.5) is 0 Å². The van der Waals surface area contributed by atoms with E-state index in [2.05, 4.69) is 12.2 Å². The second kappa shape index (κ2) is 4.20. The Kier molecular flexibility index (Phi) is 3.17. The van der Waals surface area contributed by atoms with Crippen LogP contribution in [0.25, 0.3) is 0 Å². The molecule has 1 saturated carbocycles. The van der Waals surface area contributed by atoms with Gasteiger partial charge in [-0.2, -0.15) is 11.8 Å². The van der Waals surface area contributed by atoms with Crippen molar-refractivity contribution >= 4 is 11.8 Å². The van der Waals surface area contributed by atoms with Gasteiger partial charge < -0.3 is 10.4 Å². The molecule has 0 aromatic carbocycles. The zero-order valence-electron chi connectivity index (χ0n) is 8.20. The molecule has 2 nitrogen and oxygen atoms in total. The van der Waals surface area contributed by atoms with E-state index in [-0.39, 0.29) is 6.10 Å². The highest BCUT2D eigenvalue weighted by atomic mass is 32.2. The summed E-state index contributed by atoms with van der Waals surface area (Å²) in [4.78, 5) is 0. The van der Waals surface area contributed by atoms with Crippen molar-refractivity contribution in [2.75, 3.05) is 5.75 Å². The van der Waals surface area contributed by atoms with Crippen molar-refractivity contribution in [1.29, 1.82) is 0 Å². The van der Waals surface area contributed by atoms with Gasteiger partial charge in [0.05, 0.1) is 6.10 Å². The van der Waals surface area contributed by atoms with Gasteiger partial charge in [0.15, 0.2) is 0 Å². The van der Waals surface area contributed by atoms with Gasteiger partial charge >= 0.3 is 0 Å². The lowest BCUT2D eigenvalue weighted by atomic mass is 10.1. The van der Waals surface area contributed by atoms with Gasteiger partial charge in [0.1, 0.15) is 0 Å². The van der Waals surface area contributed by atoms with Crippen molar-refractivity contribution in [1.82, 2.24) is 5.32 Å². The summed E-state index contributed by atoms with van der Waals surface area (Å²) in [5.74, 6) is 1.23. The Morgan fingerprint density at radius 1 is 1.38 bits per heavy atom. The van der Waals surface area contributed by atoms with Gasteiger partial charge in [0, 0.05) is 23.1 Å². The topological polar surface area (TPSA) is 32.3 Å². The molecule has 1 aliphatic carbocycles. The number of hydrogen-bond donors (Lipinski definition) is 2. The smallest absolute Gasteiger partial charge is 0.0693 e. The third kappa shape index (κ3) is 2.39. The van der Waals surface area contributed by atoms with E-state index in [0.29, 0.717) is 12.1 Å². The van der Waals surface area contributed by atoms with E-state index in [1.165, 1.54) is 18.6 Å². The third-order valence-electron chi connectivity index (χ3n) is 3.13. The van der Waals surface area contributed by atoms with Gasteiger partial charge in [-0.1, -0.05) is 6.92 Å². The maximum absolute atomic E-state index is 9.65. The fraction of sp³-hybridized carbons (Fsp3) is 1.00. The van der Waals surface area contributed by atoms with Gasteiger partial charge in [0.25, 0.3) is 0 Å². The standard InChI is InChI=1S/C10H19NOS/c1-7-5-8(6-13-7)11-9-3-2-4-10(9)12/h7-12H,2-6H2,1H3/t7?,8?,9-,10-/m1/s1. The van der Waals surface area contributed by atoms with Crippen molar-refractivity contribution in [2.45, 2.75) is 56.0 Å². The van der Waals surface area contributed by atoms with Crippen molar-refractivity contribution in [3.8, 4) is 0 Å². The monoisotopic (exact) mass is 201 g/mol. The van der Waals surface area contributed by atoms with Crippen molar-refractivity contribution < 1.29 is 5.11 Å². The molecule has 1 heterocycles. The fourth-order valence-electron chi connectivity index (χ4n) is 2.37. The van der Waals surface area contributed by atoms with Gasteiger partial charge in [0.2, 0.25) is 0 Å². The first kappa shape index (κ1) is 9.81. The first-order valence-electron chi connectivity index (χ1n) is 5.31. The second-order valence-corrected chi connectivity index (χ2v) is 5.82. The van der Waals surface area contributed by atoms with Gasteiger partial charge in [-0.15, -0.1) is 0 Å². The minimum Gasteiger partial charge on any atom is -0.392 e. The van der Waals surface area contributed by atoms with E-state index in [4.69, 9.17) is 0 Å². The number of aliphatic hydroxyl groups is 1. The lowest BCUT2D eigenvalue weighted by Gasteiger charge is -2.21. The van der Waals surface area contributed by atoms with E-state index in [1.54, 1.807) is 0 Å². The first-order chi connectivity index (χ1) is 6.25. The Labute approximate surface area is 84.5 Å². The quantitative estimate of drug-likeness (QED) is 0.708. The van der Waals surface area contributed by atoms with Crippen LogP contribution in [0.3, 0.4) is 0 Å². The van der Waals surface area contributed by atoms with E-state index in [9.17, 15) is 5.11 Å². The number of hydrogen-bond acceptors (Lipinski definition) is 3. The summed E-state index contributed by atoms with van der Waals surface area (Å²) in [5.41, 5.74) is 0. The molecule has 0 radical (unpaired) electrons. The van der Waals surface area contributed by atoms with Crippen LogP contribution >= 0.6 is 11.8 Å². The van der Waals surface area contributed by atoms with Crippen molar-refractivity contribution in [3.63, 3.8) is 0 Å². The Morgan fingerprint density at radius 3 is 2.77 bits per heavy atom. The second-order valence-electron chi connectivity index (χ2n) is 4.35. The molecule has 2 aliphatic rings. The zero-order chi connectivity index (χ0) is 9.26. The molecule has 1 aliphatic heterocycles. The molecule has 0 aromatic heterocycles. The van der Waals surface area contributed by atoms with Gasteiger partial charge in [-0.05, 0) is 25.7 Å². The predicted molar refractivity (Wildman–Crippen MR) is 57.1 cm³/mol. The summed E-state index contributed by atoms with van der Waals surface area (Å²) in [6, 6.07) is 1.04. The summed E-state index contributed by atoms with van der Waals surface area (Å²) in [6.45, 7) is 2.29. The summed E-state index contributed by atoms with van der Waals surface area (Å²) >= 11 is 2.05. The molecule has 0 spiro atoms. The number of thioether (sulfide) groups is 1. The van der Waals surface area contributed by atoms with E-state index in [0.717, 1.165) is 18.1 Å². The highest BCUT2D eigenvalue weighted by Crippen LogP contribution is 2.28. The SMILES string of the molecule is CC1CC(N[C@@H]2CCC[C@H]2O)CS1. The lowest BCUT2D eigenvalue weighted by molar-refractivity contribution is 0.144. The minimum absolute atomic E-state index is 0.0825. The van der Waals surface area contributed by atoms with Crippen LogP contribution in [0, 0.1) is 0 Å². The van der Waals surface area contributed by atoms with Gasteiger partial charge in [-0.25, -0.2) is 0 Å². The molecule has 2 fully saturated rings. The molecule has 2 rings (SSSR count). The van der Waals surface area contributed by atoms with Crippen LogP contribution in [0.2, 0.25) is 0 Å². The molecule has 13 heavy (non-hydrogen) atoms. The fourth-order valence-corrected chi connectivity index (χ4v) is 3.53. The average molecular weight is 201 g/mol. The molecular weight excluding hydrogens is 182 g/mol. The molecule has 2 N–H and O–H groups in total. The van der Waals surface area contributed by atoms with Crippen LogP contribution in [-0.4, -0.2) is 34.3 Å². The van der Waals surface area contributed by atoms with Crippen LogP contribution < -0.4 is 5.32 Å². The van der Waals surface area contributed by atoms with Gasteiger partial charge in [-0.3, -0.25) is 0 Å². The summed E-state index contributed by atoms with van der Waals surface area (Å²) in [5, 5.41) is 14.0. The van der Waals surface area contributed by atoms with Crippen molar-refractivity contribution in [3.05, 3.63) is 0 Å². The van der Waals surface area contributed by atoms with Crippen LogP contribution in [0.15, 0.2) is 0 Å². The zero-order valence-corrected chi connectivity index (χ0v) is 9.02. The highest BCUT2D eigenvalue weighted by Gasteiger charge is 2.30. The number of aliphatic hydroxyl groups excluding tert-OH is 1. The Balaban J connectivity index is 1.77. The maximum atomic E-state index is 9.65. The summed E-state index contributed by atoms with van der Waals surface area (Å²) in [6.07, 6.45) is 4.53. The maximum Gasteiger partial charge on any atom is 0.0693 e. The van der Waals surface area contributed by atoms with E-state index in [1.807, 2.05) is 11.8 Å². The number of rotatable bonds is 2. The lowest BCUT2D eigenvalue weighted by Crippen LogP contribution is -2.42. The van der Waals surface area contributed by atoms with Crippen LogP contribution in [-0.2, 0) is 0 Å². The minimum atomic E-state index is -0.0825. The normalized spacial score (nSPS) is 45.7. The van der Waals surface area contributed by atoms with E-state index >= 15 is 0 Å². The first-order valence-corrected chi connectivity index (χ1v) is 6.36. The molecule has 1 saturated heterocycles. The summed E-state index contributed by atoms with van der Waals surface area (Å²) < 4.78 is 0. The molecule has 0 bridgehead atoms. The molecule has 3 heteroatoms. The Bertz CT molecular complexity index is 176. The average Bonchev–Trinajstić information content (AvgIpc) is 2.64. The summed E-state index contributed by atoms with van der Waals surface area (Å²) in [7, 11) is 0. The molecule has 4 atom stereocenters. The molecule has 2 unspecified atom stereocenters. The van der Waals surface area contributed by atoms with E-state index < -0.39 is 0 Å². The third-order valence-corrected chi connectivity index (χ3v) is 4.48. The largest absolute Gasteiger partial charge is 0.392 e. The molecule has 0 amide bonds.